The van der Waals surface area contributed by atoms with Crippen LogP contribution in [0.15, 0.2) is 35.5 Å². The molecule has 0 fully saturated rings. The van der Waals surface area contributed by atoms with E-state index in [0.717, 1.165) is 16.3 Å². The van der Waals surface area contributed by atoms with Gasteiger partial charge in [-0.25, -0.2) is 4.98 Å². The van der Waals surface area contributed by atoms with Crippen molar-refractivity contribution in [3.63, 3.8) is 0 Å². The van der Waals surface area contributed by atoms with Gasteiger partial charge in [0.2, 0.25) is 0 Å². The minimum atomic E-state index is 0.409. The molecule has 0 atom stereocenters. The Morgan fingerprint density at radius 3 is 2.76 bits per heavy atom. The zero-order chi connectivity index (χ0) is 12.3. The number of nitrogens with zero attached hydrogens (tertiary/aromatic N) is 3. The van der Waals surface area contributed by atoms with Gasteiger partial charge in [0.25, 0.3) is 0 Å². The lowest BCUT2D eigenvalue weighted by atomic mass is 10.4. The first kappa shape index (κ1) is 12.0. The van der Waals surface area contributed by atoms with Gasteiger partial charge in [-0.2, -0.15) is 5.10 Å². The molecule has 0 unspecified atom stereocenters. The van der Waals surface area contributed by atoms with Crippen LogP contribution in [0, 0.1) is 0 Å². The Kier molecular flexibility index (Phi) is 3.68. The van der Waals surface area contributed by atoms with Gasteiger partial charge in [-0.3, -0.25) is 4.68 Å². The summed E-state index contributed by atoms with van der Waals surface area (Å²) in [5.74, 6) is 1.41. The predicted molar refractivity (Wildman–Crippen MR) is 70.8 cm³/mol. The Morgan fingerprint density at radius 1 is 1.35 bits per heavy atom. The lowest BCUT2D eigenvalue weighted by molar-refractivity contribution is 0.529. The molecule has 90 valence electrons. The van der Waals surface area contributed by atoms with Crippen LogP contribution in [-0.2, 0) is 5.75 Å². The molecule has 0 aliphatic heterocycles. The lowest BCUT2D eigenvalue weighted by Gasteiger charge is -2.03. The van der Waals surface area contributed by atoms with Crippen LogP contribution in [0.3, 0.4) is 0 Å². The van der Waals surface area contributed by atoms with Gasteiger partial charge in [-0.05, 0) is 32.0 Å². The number of hydrogen-bond donors (Lipinski definition) is 1. The molecule has 2 heterocycles. The number of rotatable bonds is 4. The fourth-order valence-corrected chi connectivity index (χ4v) is 2.14. The van der Waals surface area contributed by atoms with E-state index in [0.29, 0.717) is 11.9 Å². The van der Waals surface area contributed by atoms with Crippen molar-refractivity contribution in [1.29, 1.82) is 0 Å². The fraction of sp³-hybridized carbons (Fsp3) is 0.333. The molecule has 0 bridgehead atoms. The maximum absolute atomic E-state index is 5.53. The molecule has 5 heteroatoms. The summed E-state index contributed by atoms with van der Waals surface area (Å²) < 4.78 is 1.97. The van der Waals surface area contributed by atoms with Gasteiger partial charge in [-0.1, -0.05) is 0 Å². The van der Waals surface area contributed by atoms with Crippen LogP contribution in [-0.4, -0.2) is 14.8 Å². The third kappa shape index (κ3) is 3.23. The van der Waals surface area contributed by atoms with E-state index >= 15 is 0 Å². The highest BCUT2D eigenvalue weighted by Crippen LogP contribution is 2.21. The minimum absolute atomic E-state index is 0.409. The number of thioether (sulfide) groups is 1. The van der Waals surface area contributed by atoms with Crippen LogP contribution in [0.1, 0.15) is 25.6 Å². The maximum Gasteiger partial charge on any atom is 0.123 e. The van der Waals surface area contributed by atoms with Gasteiger partial charge in [0.1, 0.15) is 5.82 Å². The molecule has 0 aliphatic rings. The number of nitrogen functional groups attached to an aromatic ring is 1. The van der Waals surface area contributed by atoms with E-state index in [1.807, 2.05) is 23.0 Å². The van der Waals surface area contributed by atoms with Crippen LogP contribution < -0.4 is 5.73 Å². The molecular formula is C12H16N4S. The minimum Gasteiger partial charge on any atom is -0.384 e. The first-order valence-electron chi connectivity index (χ1n) is 5.53. The molecule has 0 saturated carbocycles. The summed E-state index contributed by atoms with van der Waals surface area (Å²) >= 11 is 1.71. The molecule has 2 N–H and O–H groups in total. The smallest absolute Gasteiger partial charge is 0.123 e. The van der Waals surface area contributed by atoms with Crippen molar-refractivity contribution < 1.29 is 0 Å². The molecule has 0 radical (unpaired) electrons. The van der Waals surface area contributed by atoms with Crippen molar-refractivity contribution in [2.75, 3.05) is 5.73 Å². The number of hydrogen-bond acceptors (Lipinski definition) is 4. The van der Waals surface area contributed by atoms with Gasteiger partial charge in [0, 0.05) is 29.1 Å². The largest absolute Gasteiger partial charge is 0.384 e. The first-order chi connectivity index (χ1) is 8.15. The average Bonchev–Trinajstić information content (AvgIpc) is 2.77. The van der Waals surface area contributed by atoms with E-state index in [9.17, 15) is 0 Å². The summed E-state index contributed by atoms with van der Waals surface area (Å²) in [7, 11) is 0. The summed E-state index contributed by atoms with van der Waals surface area (Å²) in [5, 5.41) is 4.49. The van der Waals surface area contributed by atoms with Crippen molar-refractivity contribution in [3.05, 3.63) is 36.3 Å². The molecule has 17 heavy (non-hydrogen) atoms. The monoisotopic (exact) mass is 248 g/mol. The van der Waals surface area contributed by atoms with Crippen molar-refractivity contribution in [2.24, 2.45) is 0 Å². The Labute approximate surface area is 105 Å². The van der Waals surface area contributed by atoms with Gasteiger partial charge >= 0.3 is 0 Å². The average molecular weight is 248 g/mol. The lowest BCUT2D eigenvalue weighted by Crippen LogP contribution is -2.01. The molecule has 2 rings (SSSR count). The zero-order valence-corrected chi connectivity index (χ0v) is 10.8. The summed E-state index contributed by atoms with van der Waals surface area (Å²) in [6.07, 6.45) is 3.81. The maximum atomic E-state index is 5.53. The van der Waals surface area contributed by atoms with E-state index in [-0.39, 0.29) is 0 Å². The SMILES string of the molecule is CC(C)n1ccc(CSc2ccc(N)nc2)n1. The van der Waals surface area contributed by atoms with Crippen LogP contribution in [0.5, 0.6) is 0 Å². The van der Waals surface area contributed by atoms with Crippen LogP contribution in [0.4, 0.5) is 5.82 Å². The van der Waals surface area contributed by atoms with Crippen molar-refractivity contribution in [2.45, 2.75) is 30.5 Å². The topological polar surface area (TPSA) is 56.7 Å². The highest BCUT2D eigenvalue weighted by atomic mass is 32.2. The van der Waals surface area contributed by atoms with Gasteiger partial charge in [-0.15, -0.1) is 11.8 Å². The third-order valence-electron chi connectivity index (χ3n) is 2.34. The second-order valence-corrected chi connectivity index (χ2v) is 5.14. The molecule has 0 aromatic carbocycles. The Balaban J connectivity index is 1.95. The van der Waals surface area contributed by atoms with Crippen LogP contribution in [0.2, 0.25) is 0 Å². The molecule has 4 nitrogen and oxygen atoms in total. The fourth-order valence-electron chi connectivity index (χ4n) is 1.38. The standard InChI is InChI=1S/C12H16N4S/c1-9(2)16-6-5-10(15-16)8-17-11-3-4-12(13)14-7-11/h3-7,9H,8H2,1-2H3,(H2,13,14). The van der Waals surface area contributed by atoms with E-state index in [1.54, 1.807) is 18.0 Å². The Morgan fingerprint density at radius 2 is 2.18 bits per heavy atom. The van der Waals surface area contributed by atoms with Crippen LogP contribution >= 0.6 is 11.8 Å². The summed E-state index contributed by atoms with van der Waals surface area (Å²) in [6, 6.07) is 6.26. The van der Waals surface area contributed by atoms with Crippen molar-refractivity contribution in [1.82, 2.24) is 14.8 Å². The van der Waals surface area contributed by atoms with E-state index in [4.69, 9.17) is 5.73 Å². The van der Waals surface area contributed by atoms with Gasteiger partial charge < -0.3 is 5.73 Å². The number of nitrogens with two attached hydrogens (primary N) is 1. The molecule has 0 amide bonds. The molecule has 2 aromatic heterocycles. The number of pyridine rings is 1. The van der Waals surface area contributed by atoms with Crippen molar-refractivity contribution >= 4 is 17.6 Å². The molecule has 2 aromatic rings. The second kappa shape index (κ2) is 5.23. The van der Waals surface area contributed by atoms with Crippen molar-refractivity contribution in [3.8, 4) is 0 Å². The quantitative estimate of drug-likeness (QED) is 0.845. The highest BCUT2D eigenvalue weighted by Gasteiger charge is 2.03. The third-order valence-corrected chi connectivity index (χ3v) is 3.35. The molecule has 0 saturated heterocycles. The summed E-state index contributed by atoms with van der Waals surface area (Å²) in [4.78, 5) is 5.17. The van der Waals surface area contributed by atoms with E-state index in [1.165, 1.54) is 0 Å². The zero-order valence-electron chi connectivity index (χ0n) is 10.00. The Hall–Kier alpha value is -1.49. The van der Waals surface area contributed by atoms with Crippen LogP contribution in [0.25, 0.3) is 0 Å². The Bertz CT molecular complexity index is 476. The van der Waals surface area contributed by atoms with Gasteiger partial charge in [0.15, 0.2) is 0 Å². The normalized spacial score (nSPS) is 11.0. The van der Waals surface area contributed by atoms with E-state index < -0.39 is 0 Å². The first-order valence-corrected chi connectivity index (χ1v) is 6.52. The number of anilines is 1. The summed E-state index contributed by atoms with van der Waals surface area (Å²) in [5.41, 5.74) is 6.62. The highest BCUT2D eigenvalue weighted by molar-refractivity contribution is 7.98. The summed E-state index contributed by atoms with van der Waals surface area (Å²) in [6.45, 7) is 4.24. The van der Waals surface area contributed by atoms with Gasteiger partial charge in [0.05, 0.1) is 5.69 Å². The number of aromatic nitrogens is 3. The molecule has 0 spiro atoms. The molecular weight excluding hydrogens is 232 g/mol. The predicted octanol–water partition coefficient (Wildman–Crippen LogP) is 2.73. The van der Waals surface area contributed by atoms with E-state index in [2.05, 4.69) is 30.0 Å². The molecule has 0 aliphatic carbocycles. The second-order valence-electron chi connectivity index (χ2n) is 4.09.